The molecular weight excluding hydrogens is 842 g/mol. The molecule has 0 aliphatic carbocycles. The molecule has 0 saturated heterocycles. The summed E-state index contributed by atoms with van der Waals surface area (Å²) in [4.78, 5) is 4.91. The van der Waals surface area contributed by atoms with Crippen LogP contribution < -0.4 is 0 Å². The largest absolute Gasteiger partial charge is 2.00 e. The van der Waals surface area contributed by atoms with E-state index in [4.69, 9.17) is 10.1 Å². The van der Waals surface area contributed by atoms with Crippen LogP contribution in [0.15, 0.2) is 158 Å². The second-order valence-corrected chi connectivity index (χ2v) is 14.6. The summed E-state index contributed by atoms with van der Waals surface area (Å²) >= 11 is 0. The summed E-state index contributed by atoms with van der Waals surface area (Å²) in [5.41, 5.74) is 11.4. The third kappa shape index (κ3) is 5.50. The van der Waals surface area contributed by atoms with Crippen LogP contribution in [0.5, 0.6) is 0 Å². The molecule has 0 saturated carbocycles. The Hall–Kier alpha value is -6.03. The minimum absolute atomic E-state index is 0. The van der Waals surface area contributed by atoms with E-state index in [0.29, 0.717) is 0 Å². The first-order valence-corrected chi connectivity index (χ1v) is 18.0. The van der Waals surface area contributed by atoms with Crippen molar-refractivity contribution in [3.05, 3.63) is 176 Å². The van der Waals surface area contributed by atoms with Gasteiger partial charge in [-0.15, -0.1) is 35.0 Å². The summed E-state index contributed by atoms with van der Waals surface area (Å²) in [5, 5.41) is 9.77. The Morgan fingerprint density at radius 2 is 1.09 bits per heavy atom. The van der Waals surface area contributed by atoms with E-state index in [9.17, 15) is 0 Å². The zero-order chi connectivity index (χ0) is 35.7. The second kappa shape index (κ2) is 13.1. The van der Waals surface area contributed by atoms with Gasteiger partial charge in [-0.3, -0.25) is 4.68 Å². The topological polar surface area (TPSA) is 40.6 Å². The number of pyridine rings is 1. The molecule has 0 bridgehead atoms. The minimum Gasteiger partial charge on any atom is -0.358 e. The minimum atomic E-state index is -0.0138. The first-order chi connectivity index (χ1) is 25.9. The van der Waals surface area contributed by atoms with Gasteiger partial charge in [0.1, 0.15) is 11.5 Å². The standard InChI is InChI=1S/C48H35N5.Pt/c1-48(2,3)34-26-27-49-46(28-34)53-43-21-13-11-19-38(43)40-25-23-36(30-45(40)53)52-42-20-12-10-18-37(42)39-24-22-35(29-44(39)52)51-31-41(32-14-6-4-7-15-32)47(50-51)33-16-8-5-9-17-33;/h4-28,31H,1-3H3;/q-2;+2. The van der Waals surface area contributed by atoms with E-state index in [1.54, 1.807) is 0 Å². The van der Waals surface area contributed by atoms with Gasteiger partial charge in [0.25, 0.3) is 0 Å². The maximum atomic E-state index is 5.18. The molecule has 0 radical (unpaired) electrons. The number of hydrogen-bond donors (Lipinski definition) is 0. The van der Waals surface area contributed by atoms with Crippen molar-refractivity contribution in [2.24, 2.45) is 0 Å². The summed E-state index contributed by atoms with van der Waals surface area (Å²) in [6, 6.07) is 58.7. The SMILES string of the molecule is CC(C)(C)c1ccnc(-n2c3[c-]c(-n4c5[c-]c(-n6cc(-c7ccccc7)c(-c7ccccc7)n6)ccc5c5ccccc54)ccc3c3ccccc32)c1.[Pt+2]. The van der Waals surface area contributed by atoms with Gasteiger partial charge in [-0.1, -0.05) is 135 Å². The van der Waals surface area contributed by atoms with Gasteiger partial charge in [-0.25, -0.2) is 4.98 Å². The van der Waals surface area contributed by atoms with Crippen molar-refractivity contribution in [2.45, 2.75) is 26.2 Å². The van der Waals surface area contributed by atoms with Crippen LogP contribution in [0.2, 0.25) is 0 Å². The fourth-order valence-electron chi connectivity index (χ4n) is 7.66. The fourth-order valence-corrected chi connectivity index (χ4v) is 7.66. The third-order valence-corrected chi connectivity index (χ3v) is 10.3. The Bertz CT molecular complexity index is 2920. The van der Waals surface area contributed by atoms with E-state index in [2.05, 4.69) is 182 Å². The second-order valence-electron chi connectivity index (χ2n) is 14.6. The zero-order valence-corrected chi connectivity index (χ0v) is 32.3. The van der Waals surface area contributed by atoms with Crippen LogP contribution in [0.3, 0.4) is 0 Å². The van der Waals surface area contributed by atoms with E-state index < -0.39 is 0 Å². The molecule has 10 aromatic rings. The van der Waals surface area contributed by atoms with E-state index >= 15 is 0 Å². The molecule has 54 heavy (non-hydrogen) atoms. The van der Waals surface area contributed by atoms with Gasteiger partial charge in [0.2, 0.25) is 0 Å². The Kier molecular flexibility index (Phi) is 8.21. The molecule has 6 aromatic carbocycles. The van der Waals surface area contributed by atoms with Crippen LogP contribution in [-0.2, 0) is 26.5 Å². The Labute approximate surface area is 328 Å². The number of para-hydroxylation sites is 2. The Morgan fingerprint density at radius 3 is 1.76 bits per heavy atom. The zero-order valence-electron chi connectivity index (χ0n) is 30.1. The van der Waals surface area contributed by atoms with E-state index in [1.807, 2.05) is 23.0 Å². The van der Waals surface area contributed by atoms with Crippen molar-refractivity contribution in [3.8, 4) is 39.6 Å². The van der Waals surface area contributed by atoms with Crippen LogP contribution in [0, 0.1) is 12.1 Å². The van der Waals surface area contributed by atoms with Crippen molar-refractivity contribution in [2.75, 3.05) is 0 Å². The summed E-state index contributed by atoms with van der Waals surface area (Å²) < 4.78 is 6.51. The number of nitrogens with zero attached hydrogens (tertiary/aromatic N) is 5. The summed E-state index contributed by atoms with van der Waals surface area (Å²) in [7, 11) is 0. The van der Waals surface area contributed by atoms with Gasteiger partial charge in [-0.05, 0) is 57.3 Å². The van der Waals surface area contributed by atoms with Crippen LogP contribution in [0.4, 0.5) is 0 Å². The molecule has 0 unspecified atom stereocenters. The molecule has 0 N–H and O–H groups in total. The number of benzene rings is 6. The quantitative estimate of drug-likeness (QED) is 0.162. The average molecular weight is 877 g/mol. The smallest absolute Gasteiger partial charge is 0.358 e. The predicted molar refractivity (Wildman–Crippen MR) is 217 cm³/mol. The normalized spacial score (nSPS) is 11.8. The number of hydrogen-bond acceptors (Lipinski definition) is 2. The van der Waals surface area contributed by atoms with E-state index in [1.165, 1.54) is 10.9 Å². The van der Waals surface area contributed by atoms with Crippen molar-refractivity contribution in [3.63, 3.8) is 0 Å². The van der Waals surface area contributed by atoms with Crippen molar-refractivity contribution >= 4 is 43.6 Å². The number of rotatable bonds is 5. The first kappa shape index (κ1) is 33.8. The molecule has 5 nitrogen and oxygen atoms in total. The maximum absolute atomic E-state index is 5.18. The third-order valence-electron chi connectivity index (χ3n) is 10.3. The number of fused-ring (bicyclic) bond motifs is 6. The molecule has 4 heterocycles. The molecular formula is C48H35N5Pt. The van der Waals surface area contributed by atoms with Crippen LogP contribution in [0.25, 0.3) is 83.2 Å². The summed E-state index contributed by atoms with van der Waals surface area (Å²) in [6.45, 7) is 6.72. The summed E-state index contributed by atoms with van der Waals surface area (Å²) in [5.74, 6) is 0.884. The van der Waals surface area contributed by atoms with Crippen LogP contribution in [0.1, 0.15) is 26.3 Å². The molecule has 0 fully saturated rings. The fraction of sp³-hybridized carbons (Fsp3) is 0.0833. The molecule has 0 amide bonds. The van der Waals surface area contributed by atoms with Crippen molar-refractivity contribution in [1.82, 2.24) is 23.9 Å². The Morgan fingerprint density at radius 1 is 0.537 bits per heavy atom. The number of aromatic nitrogens is 5. The predicted octanol–water partition coefficient (Wildman–Crippen LogP) is 11.7. The monoisotopic (exact) mass is 876 g/mol. The van der Waals surface area contributed by atoms with Gasteiger partial charge in [-0.2, -0.15) is 17.2 Å². The van der Waals surface area contributed by atoms with Gasteiger partial charge in [0, 0.05) is 34.6 Å². The van der Waals surface area contributed by atoms with E-state index in [0.717, 1.165) is 77.8 Å². The van der Waals surface area contributed by atoms with Gasteiger partial charge in [0.15, 0.2) is 0 Å². The van der Waals surface area contributed by atoms with Crippen LogP contribution >= 0.6 is 0 Å². The van der Waals surface area contributed by atoms with E-state index in [-0.39, 0.29) is 26.5 Å². The molecule has 10 rings (SSSR count). The van der Waals surface area contributed by atoms with Crippen molar-refractivity contribution < 1.29 is 21.1 Å². The van der Waals surface area contributed by atoms with Gasteiger partial charge < -0.3 is 9.13 Å². The molecule has 0 atom stereocenters. The summed E-state index contributed by atoms with van der Waals surface area (Å²) in [6.07, 6.45) is 4.04. The molecule has 0 aliphatic rings. The molecule has 0 spiro atoms. The molecule has 4 aromatic heterocycles. The van der Waals surface area contributed by atoms with Gasteiger partial charge >= 0.3 is 21.1 Å². The maximum Gasteiger partial charge on any atom is 2.00 e. The first-order valence-electron chi connectivity index (χ1n) is 18.0. The Balaban J connectivity index is 0.00000384. The van der Waals surface area contributed by atoms with Gasteiger partial charge in [0.05, 0.1) is 0 Å². The molecule has 6 heteroatoms. The van der Waals surface area contributed by atoms with Crippen LogP contribution in [-0.4, -0.2) is 23.9 Å². The average Bonchev–Trinajstić information content (AvgIpc) is 3.89. The molecule has 262 valence electrons. The van der Waals surface area contributed by atoms with Crippen molar-refractivity contribution in [1.29, 1.82) is 0 Å². The molecule has 0 aliphatic heterocycles.